The van der Waals surface area contributed by atoms with Crippen LogP contribution in [0.5, 0.6) is 0 Å². The van der Waals surface area contributed by atoms with Crippen LogP contribution in [0.1, 0.15) is 12.1 Å². The Labute approximate surface area is 163 Å². The fourth-order valence-corrected chi connectivity index (χ4v) is 3.68. The van der Waals surface area contributed by atoms with Gasteiger partial charge in [0.2, 0.25) is 5.91 Å². The van der Waals surface area contributed by atoms with E-state index in [1.807, 2.05) is 31.3 Å². The maximum Gasteiger partial charge on any atom is 0.327 e. The first-order valence-corrected chi connectivity index (χ1v) is 9.33. The molecule has 0 radical (unpaired) electrons. The van der Waals surface area contributed by atoms with E-state index < -0.39 is 0 Å². The molecule has 2 aromatic rings. The molecule has 2 aliphatic rings. The summed E-state index contributed by atoms with van der Waals surface area (Å²) in [4.78, 5) is 31.4. The third-order valence-electron chi connectivity index (χ3n) is 5.42. The topological polar surface area (TPSA) is 90.7 Å². The van der Waals surface area contributed by atoms with Crippen molar-refractivity contribution in [2.24, 2.45) is 0 Å². The lowest BCUT2D eigenvalue weighted by Crippen LogP contribution is -2.62. The first kappa shape index (κ1) is 18.4. The molecular formula is C18H24N8O2. The summed E-state index contributed by atoms with van der Waals surface area (Å²) in [5, 5.41) is 13.0. The molecule has 3 amide bonds. The minimum Gasteiger partial charge on any atom is -0.353 e. The quantitative estimate of drug-likeness (QED) is 0.753. The largest absolute Gasteiger partial charge is 0.353 e. The van der Waals surface area contributed by atoms with Gasteiger partial charge < -0.3 is 9.80 Å². The van der Waals surface area contributed by atoms with Crippen molar-refractivity contribution in [2.75, 3.05) is 45.2 Å². The number of rotatable bonds is 3. The third kappa shape index (κ3) is 3.31. The number of hydrogen-bond donors (Lipinski definition) is 0. The normalized spacial score (nSPS) is 21.5. The number of aromatic nitrogens is 4. The van der Waals surface area contributed by atoms with Gasteiger partial charge in [0, 0.05) is 46.5 Å². The van der Waals surface area contributed by atoms with Crippen LogP contribution in [0.25, 0.3) is 5.82 Å². The van der Waals surface area contributed by atoms with Crippen molar-refractivity contribution >= 4 is 17.8 Å². The molecule has 148 valence electrons. The van der Waals surface area contributed by atoms with Gasteiger partial charge in [0.15, 0.2) is 11.6 Å². The molecule has 1 unspecified atom stereocenters. The molecule has 0 bridgehead atoms. The zero-order chi connectivity index (χ0) is 19.8. The van der Waals surface area contributed by atoms with Crippen LogP contribution in [0.15, 0.2) is 24.4 Å². The number of nitrogens with zero attached hydrogens (tertiary/aromatic N) is 8. The molecule has 10 heteroatoms. The maximum absolute atomic E-state index is 12.2. The molecule has 4 rings (SSSR count). The zero-order valence-electron chi connectivity index (χ0n) is 16.3. The van der Waals surface area contributed by atoms with E-state index in [1.54, 1.807) is 16.6 Å². The molecule has 0 N–H and O–H groups in total. The van der Waals surface area contributed by atoms with E-state index in [-0.39, 0.29) is 18.1 Å². The standard InChI is InChI=1S/C18H24N8O2/c1-13-6-7-26(21-13)15-5-4-14(19-20-15)24-8-10-25(11-9-24)16-12-17(27)23(3)18(28)22(16)2/h4-7,16H,8-12H2,1-3H3. The van der Waals surface area contributed by atoms with Crippen LogP contribution in [0, 0.1) is 6.92 Å². The number of imide groups is 1. The number of carbonyl (C=O) groups is 2. The minimum absolute atomic E-state index is 0.133. The van der Waals surface area contributed by atoms with Crippen LogP contribution in [-0.4, -0.2) is 93.1 Å². The van der Waals surface area contributed by atoms with Gasteiger partial charge >= 0.3 is 6.03 Å². The number of piperazine rings is 1. The Morgan fingerprint density at radius 2 is 1.64 bits per heavy atom. The Morgan fingerprint density at radius 3 is 2.25 bits per heavy atom. The molecule has 0 aliphatic carbocycles. The van der Waals surface area contributed by atoms with Crippen molar-refractivity contribution in [2.45, 2.75) is 19.5 Å². The van der Waals surface area contributed by atoms with Gasteiger partial charge in [-0.1, -0.05) is 0 Å². The monoisotopic (exact) mass is 384 g/mol. The van der Waals surface area contributed by atoms with Crippen molar-refractivity contribution in [3.63, 3.8) is 0 Å². The van der Waals surface area contributed by atoms with Crippen LogP contribution in [0.4, 0.5) is 10.6 Å². The summed E-state index contributed by atoms with van der Waals surface area (Å²) < 4.78 is 1.70. The van der Waals surface area contributed by atoms with Crippen LogP contribution in [0.2, 0.25) is 0 Å². The fourth-order valence-electron chi connectivity index (χ4n) is 3.68. The minimum atomic E-state index is -0.251. The molecule has 4 heterocycles. The van der Waals surface area contributed by atoms with E-state index in [0.717, 1.165) is 37.7 Å². The molecule has 1 atom stereocenters. The molecule has 2 aromatic heterocycles. The summed E-state index contributed by atoms with van der Waals surface area (Å²) in [5.41, 5.74) is 0.929. The van der Waals surface area contributed by atoms with Gasteiger partial charge in [-0.2, -0.15) is 5.10 Å². The Bertz CT molecular complexity index is 872. The highest BCUT2D eigenvalue weighted by atomic mass is 16.2. The number of hydrogen-bond acceptors (Lipinski definition) is 7. The Morgan fingerprint density at radius 1 is 0.964 bits per heavy atom. The van der Waals surface area contributed by atoms with Crippen molar-refractivity contribution in [3.05, 3.63) is 30.1 Å². The number of amides is 3. The lowest BCUT2D eigenvalue weighted by Gasteiger charge is -2.45. The second-order valence-corrected chi connectivity index (χ2v) is 7.21. The summed E-state index contributed by atoms with van der Waals surface area (Å²) in [6.45, 7) is 4.96. The molecule has 0 spiro atoms. The fraction of sp³-hybridized carbons (Fsp3) is 0.500. The predicted octanol–water partition coefficient (Wildman–Crippen LogP) is 0.333. The van der Waals surface area contributed by atoms with Crippen molar-refractivity contribution in [1.82, 2.24) is 34.7 Å². The van der Waals surface area contributed by atoms with E-state index >= 15 is 0 Å². The number of anilines is 1. The van der Waals surface area contributed by atoms with Gasteiger partial charge in [-0.3, -0.25) is 14.6 Å². The smallest absolute Gasteiger partial charge is 0.327 e. The highest BCUT2D eigenvalue weighted by Gasteiger charge is 2.38. The lowest BCUT2D eigenvalue weighted by molar-refractivity contribution is -0.134. The molecule has 0 aromatic carbocycles. The average molecular weight is 384 g/mol. The zero-order valence-corrected chi connectivity index (χ0v) is 16.3. The third-order valence-corrected chi connectivity index (χ3v) is 5.42. The highest BCUT2D eigenvalue weighted by molar-refractivity contribution is 5.96. The Hall–Kier alpha value is -3.01. The van der Waals surface area contributed by atoms with Gasteiger partial charge in [0.25, 0.3) is 0 Å². The van der Waals surface area contributed by atoms with E-state index in [1.165, 1.54) is 11.9 Å². The summed E-state index contributed by atoms with van der Waals surface area (Å²) >= 11 is 0. The second-order valence-electron chi connectivity index (χ2n) is 7.21. The summed E-state index contributed by atoms with van der Waals surface area (Å²) in [6.07, 6.45) is 2.00. The van der Waals surface area contributed by atoms with E-state index in [2.05, 4.69) is 25.1 Å². The van der Waals surface area contributed by atoms with Gasteiger partial charge in [0.05, 0.1) is 18.3 Å². The van der Waals surface area contributed by atoms with E-state index in [9.17, 15) is 9.59 Å². The molecule has 2 aliphatic heterocycles. The van der Waals surface area contributed by atoms with Gasteiger partial charge in [-0.15, -0.1) is 10.2 Å². The molecule has 0 saturated carbocycles. The van der Waals surface area contributed by atoms with Crippen molar-refractivity contribution < 1.29 is 9.59 Å². The maximum atomic E-state index is 12.2. The van der Waals surface area contributed by atoms with Gasteiger partial charge in [-0.25, -0.2) is 9.48 Å². The number of urea groups is 1. The highest BCUT2D eigenvalue weighted by Crippen LogP contribution is 2.21. The summed E-state index contributed by atoms with van der Waals surface area (Å²) in [5.74, 6) is 1.36. The van der Waals surface area contributed by atoms with E-state index in [4.69, 9.17) is 0 Å². The van der Waals surface area contributed by atoms with Crippen LogP contribution >= 0.6 is 0 Å². The van der Waals surface area contributed by atoms with Crippen molar-refractivity contribution in [1.29, 1.82) is 0 Å². The number of aryl methyl sites for hydroxylation is 1. The van der Waals surface area contributed by atoms with Crippen LogP contribution in [-0.2, 0) is 4.79 Å². The lowest BCUT2D eigenvalue weighted by atomic mass is 10.1. The first-order chi connectivity index (χ1) is 13.4. The summed E-state index contributed by atoms with van der Waals surface area (Å²) in [6, 6.07) is 5.52. The molecular weight excluding hydrogens is 360 g/mol. The molecule has 2 saturated heterocycles. The molecule has 2 fully saturated rings. The summed E-state index contributed by atoms with van der Waals surface area (Å²) in [7, 11) is 3.28. The SMILES string of the molecule is Cc1ccn(-c2ccc(N3CCN(C4CC(=O)N(C)C(=O)N4C)CC3)nn2)n1. The average Bonchev–Trinajstić information content (AvgIpc) is 3.16. The Balaban J connectivity index is 1.39. The Kier molecular flexibility index (Phi) is 4.71. The van der Waals surface area contributed by atoms with Crippen molar-refractivity contribution in [3.8, 4) is 5.82 Å². The predicted molar refractivity (Wildman–Crippen MR) is 102 cm³/mol. The van der Waals surface area contributed by atoms with Gasteiger partial charge in [-0.05, 0) is 25.1 Å². The molecule has 28 heavy (non-hydrogen) atoms. The second kappa shape index (κ2) is 7.19. The molecule has 10 nitrogen and oxygen atoms in total. The number of carbonyl (C=O) groups excluding carboxylic acids is 2. The van der Waals surface area contributed by atoms with E-state index in [0.29, 0.717) is 12.2 Å². The first-order valence-electron chi connectivity index (χ1n) is 9.33. The van der Waals surface area contributed by atoms with Crippen LogP contribution < -0.4 is 4.90 Å². The van der Waals surface area contributed by atoms with Crippen LogP contribution in [0.3, 0.4) is 0 Å². The van der Waals surface area contributed by atoms with Gasteiger partial charge in [0.1, 0.15) is 0 Å².